The van der Waals surface area contributed by atoms with Crippen molar-refractivity contribution in [3.05, 3.63) is 29.3 Å². The number of aromatic carboxylic acids is 1. The first-order valence-corrected chi connectivity index (χ1v) is 7.79. The lowest BCUT2D eigenvalue weighted by Gasteiger charge is -2.14. The Bertz CT molecular complexity index is 530. The van der Waals surface area contributed by atoms with E-state index in [0.29, 0.717) is 25.3 Å². The zero-order chi connectivity index (χ0) is 17.2. The number of amides is 1. The van der Waals surface area contributed by atoms with Gasteiger partial charge in [-0.3, -0.25) is 4.79 Å². The highest BCUT2D eigenvalue weighted by atomic mass is 16.5. The van der Waals surface area contributed by atoms with Crippen LogP contribution in [0.3, 0.4) is 0 Å². The second-order valence-electron chi connectivity index (χ2n) is 5.24. The van der Waals surface area contributed by atoms with E-state index in [4.69, 9.17) is 14.6 Å². The summed E-state index contributed by atoms with van der Waals surface area (Å²) in [5.41, 5.74) is 1.02. The smallest absolute Gasteiger partial charge is 0.335 e. The van der Waals surface area contributed by atoms with Gasteiger partial charge in [-0.25, -0.2) is 4.79 Å². The Kier molecular flexibility index (Phi) is 8.11. The molecule has 0 aliphatic rings. The summed E-state index contributed by atoms with van der Waals surface area (Å²) in [6.45, 7) is 4.81. The van der Waals surface area contributed by atoms with Crippen molar-refractivity contribution < 1.29 is 24.2 Å². The first kappa shape index (κ1) is 19.0. The monoisotopic (exact) mass is 323 g/mol. The van der Waals surface area contributed by atoms with Gasteiger partial charge in [0.15, 0.2) is 0 Å². The summed E-state index contributed by atoms with van der Waals surface area (Å²) in [4.78, 5) is 22.8. The lowest BCUT2D eigenvalue weighted by atomic mass is 10.1. The number of nitrogens with one attached hydrogen (secondary N) is 1. The molecular weight excluding hydrogens is 298 g/mol. The molecular formula is C17H25NO5. The number of carboxylic acids is 1. The minimum absolute atomic E-state index is 0.151. The van der Waals surface area contributed by atoms with E-state index >= 15 is 0 Å². The third-order valence-electron chi connectivity index (χ3n) is 3.46. The number of carbonyl (C=O) groups is 2. The number of rotatable bonds is 10. The number of methoxy groups -OCH3 is 1. The Morgan fingerprint density at radius 1 is 1.35 bits per heavy atom. The van der Waals surface area contributed by atoms with Gasteiger partial charge in [0.2, 0.25) is 5.91 Å². The zero-order valence-corrected chi connectivity index (χ0v) is 13.9. The van der Waals surface area contributed by atoms with Gasteiger partial charge in [-0.2, -0.15) is 0 Å². The SMILES string of the molecule is CCCCOC(C)C(=O)NCCc1ccc(C(=O)O)cc1OC. The highest BCUT2D eigenvalue weighted by Gasteiger charge is 2.13. The molecule has 0 saturated heterocycles. The van der Waals surface area contributed by atoms with Crippen LogP contribution in [0.2, 0.25) is 0 Å². The normalized spacial score (nSPS) is 11.8. The number of benzene rings is 1. The molecule has 0 saturated carbocycles. The molecule has 0 radical (unpaired) electrons. The molecule has 0 spiro atoms. The molecule has 1 aromatic carbocycles. The first-order valence-electron chi connectivity index (χ1n) is 7.79. The van der Waals surface area contributed by atoms with E-state index in [1.165, 1.54) is 19.2 Å². The van der Waals surface area contributed by atoms with Crippen molar-refractivity contribution in [2.45, 2.75) is 39.2 Å². The van der Waals surface area contributed by atoms with Gasteiger partial charge in [0.05, 0.1) is 12.7 Å². The molecule has 1 aromatic rings. The number of carbonyl (C=O) groups excluding carboxylic acids is 1. The minimum Gasteiger partial charge on any atom is -0.496 e. The van der Waals surface area contributed by atoms with Crippen LogP contribution in [0.15, 0.2) is 18.2 Å². The van der Waals surface area contributed by atoms with E-state index in [-0.39, 0.29) is 11.5 Å². The molecule has 0 aliphatic carbocycles. The number of ether oxygens (including phenoxy) is 2. The second-order valence-corrected chi connectivity index (χ2v) is 5.24. The van der Waals surface area contributed by atoms with Crippen molar-refractivity contribution in [3.8, 4) is 5.75 Å². The number of carboxylic acid groups (broad SMARTS) is 1. The average molecular weight is 323 g/mol. The molecule has 128 valence electrons. The molecule has 1 unspecified atom stereocenters. The van der Waals surface area contributed by atoms with Crippen molar-refractivity contribution in [1.29, 1.82) is 0 Å². The van der Waals surface area contributed by atoms with Crippen molar-refractivity contribution in [3.63, 3.8) is 0 Å². The quantitative estimate of drug-likeness (QED) is 0.645. The fourth-order valence-corrected chi connectivity index (χ4v) is 2.03. The van der Waals surface area contributed by atoms with Crippen LogP contribution in [-0.4, -0.2) is 43.3 Å². The van der Waals surface area contributed by atoms with Gasteiger partial charge in [0.1, 0.15) is 11.9 Å². The van der Waals surface area contributed by atoms with Crippen LogP contribution < -0.4 is 10.1 Å². The van der Waals surface area contributed by atoms with Crippen LogP contribution in [0.5, 0.6) is 5.75 Å². The lowest BCUT2D eigenvalue weighted by molar-refractivity contribution is -0.131. The molecule has 2 N–H and O–H groups in total. The third-order valence-corrected chi connectivity index (χ3v) is 3.46. The van der Waals surface area contributed by atoms with Crippen molar-refractivity contribution in [2.24, 2.45) is 0 Å². The Labute approximate surface area is 136 Å². The highest BCUT2D eigenvalue weighted by molar-refractivity contribution is 5.88. The van der Waals surface area contributed by atoms with Gasteiger partial charge in [0.25, 0.3) is 0 Å². The lowest BCUT2D eigenvalue weighted by Crippen LogP contribution is -2.35. The maximum atomic E-state index is 11.9. The summed E-state index contributed by atoms with van der Waals surface area (Å²) in [7, 11) is 1.49. The van der Waals surface area contributed by atoms with E-state index < -0.39 is 12.1 Å². The minimum atomic E-state index is -0.999. The van der Waals surface area contributed by atoms with Gasteiger partial charge < -0.3 is 19.9 Å². The molecule has 0 aromatic heterocycles. The van der Waals surface area contributed by atoms with Gasteiger partial charge in [-0.1, -0.05) is 19.4 Å². The molecule has 0 aliphatic heterocycles. The summed E-state index contributed by atoms with van der Waals surface area (Å²) in [5.74, 6) is -0.644. The van der Waals surface area contributed by atoms with Crippen LogP contribution in [0.1, 0.15) is 42.6 Å². The molecule has 0 bridgehead atoms. The fraction of sp³-hybridized carbons (Fsp3) is 0.529. The third kappa shape index (κ3) is 6.28. The molecule has 1 amide bonds. The van der Waals surface area contributed by atoms with E-state index in [1.54, 1.807) is 13.0 Å². The van der Waals surface area contributed by atoms with Crippen LogP contribution in [0.25, 0.3) is 0 Å². The summed E-state index contributed by atoms with van der Waals surface area (Å²) in [6, 6.07) is 4.71. The van der Waals surface area contributed by atoms with E-state index in [9.17, 15) is 9.59 Å². The van der Waals surface area contributed by atoms with E-state index in [2.05, 4.69) is 12.2 Å². The van der Waals surface area contributed by atoms with Crippen LogP contribution in [0, 0.1) is 0 Å². The average Bonchev–Trinajstić information content (AvgIpc) is 2.54. The summed E-state index contributed by atoms with van der Waals surface area (Å²) in [5, 5.41) is 11.8. The predicted molar refractivity (Wildman–Crippen MR) is 87.0 cm³/mol. The number of hydrogen-bond acceptors (Lipinski definition) is 4. The Hall–Kier alpha value is -2.08. The van der Waals surface area contributed by atoms with Gasteiger partial charge in [0, 0.05) is 13.2 Å². The van der Waals surface area contributed by atoms with E-state index in [0.717, 1.165) is 18.4 Å². The molecule has 23 heavy (non-hydrogen) atoms. The Morgan fingerprint density at radius 3 is 2.70 bits per heavy atom. The number of hydrogen-bond donors (Lipinski definition) is 2. The van der Waals surface area contributed by atoms with Gasteiger partial charge in [-0.05, 0) is 37.5 Å². The van der Waals surface area contributed by atoms with Gasteiger partial charge >= 0.3 is 5.97 Å². The largest absolute Gasteiger partial charge is 0.496 e. The molecule has 1 rings (SSSR count). The maximum absolute atomic E-state index is 11.9. The summed E-state index contributed by atoms with van der Waals surface area (Å²) in [6.07, 6.45) is 2.04. The first-order chi connectivity index (χ1) is 11.0. The maximum Gasteiger partial charge on any atom is 0.335 e. The molecule has 1 atom stereocenters. The Morgan fingerprint density at radius 2 is 2.09 bits per heavy atom. The topological polar surface area (TPSA) is 84.9 Å². The predicted octanol–water partition coefficient (Wildman–Crippen LogP) is 2.26. The summed E-state index contributed by atoms with van der Waals surface area (Å²) < 4.78 is 10.6. The number of unbranched alkanes of at least 4 members (excludes halogenated alkanes) is 1. The molecule has 0 heterocycles. The molecule has 6 heteroatoms. The standard InChI is InChI=1S/C17H25NO5/c1-4-5-10-23-12(2)16(19)18-9-8-13-6-7-14(17(20)21)11-15(13)22-3/h6-7,11-12H,4-5,8-10H2,1-3H3,(H,18,19)(H,20,21). The van der Waals surface area contributed by atoms with E-state index in [1.807, 2.05) is 0 Å². The highest BCUT2D eigenvalue weighted by Crippen LogP contribution is 2.20. The van der Waals surface area contributed by atoms with Crippen LogP contribution in [-0.2, 0) is 16.0 Å². The molecule has 0 fully saturated rings. The van der Waals surface area contributed by atoms with Crippen LogP contribution in [0.4, 0.5) is 0 Å². The molecule has 6 nitrogen and oxygen atoms in total. The second kappa shape index (κ2) is 9.84. The summed E-state index contributed by atoms with van der Waals surface area (Å²) >= 11 is 0. The fourth-order valence-electron chi connectivity index (χ4n) is 2.03. The van der Waals surface area contributed by atoms with Crippen molar-refractivity contribution in [1.82, 2.24) is 5.32 Å². The zero-order valence-electron chi connectivity index (χ0n) is 13.9. The van der Waals surface area contributed by atoms with Crippen molar-refractivity contribution in [2.75, 3.05) is 20.3 Å². The van der Waals surface area contributed by atoms with Gasteiger partial charge in [-0.15, -0.1) is 0 Å². The van der Waals surface area contributed by atoms with Crippen LogP contribution >= 0.6 is 0 Å². The van der Waals surface area contributed by atoms with Crippen molar-refractivity contribution >= 4 is 11.9 Å². The Balaban J connectivity index is 2.49.